The molecule has 1 saturated heterocycles. The molecule has 9 nitrogen and oxygen atoms in total. The summed E-state index contributed by atoms with van der Waals surface area (Å²) in [5.74, 6) is 1.11. The fraction of sp³-hybridized carbons (Fsp3) is 0.462. The molecule has 35 heavy (non-hydrogen) atoms. The summed E-state index contributed by atoms with van der Waals surface area (Å²) in [6, 6.07) is 13.2. The maximum atomic E-state index is 12.6. The third kappa shape index (κ3) is 8.36. The van der Waals surface area contributed by atoms with Gasteiger partial charge < -0.3 is 34.5 Å². The van der Waals surface area contributed by atoms with Gasteiger partial charge in [-0.3, -0.25) is 4.79 Å². The Morgan fingerprint density at radius 3 is 2.43 bits per heavy atom. The monoisotopic (exact) mass is 485 g/mol. The normalized spacial score (nSPS) is 13.1. The topological polar surface area (TPSA) is 98.4 Å². The van der Waals surface area contributed by atoms with Gasteiger partial charge in [-0.1, -0.05) is 30.3 Å². The quantitative estimate of drug-likeness (QED) is 0.439. The van der Waals surface area contributed by atoms with E-state index in [0.717, 1.165) is 24.3 Å². The van der Waals surface area contributed by atoms with Crippen molar-refractivity contribution >= 4 is 23.4 Å². The summed E-state index contributed by atoms with van der Waals surface area (Å²) in [5, 5.41) is 5.60. The predicted octanol–water partition coefficient (Wildman–Crippen LogP) is 3.97. The van der Waals surface area contributed by atoms with Crippen LogP contribution < -0.4 is 25.0 Å². The fourth-order valence-electron chi connectivity index (χ4n) is 3.67. The first-order chi connectivity index (χ1) is 17.1. The van der Waals surface area contributed by atoms with Gasteiger partial charge in [0.1, 0.15) is 18.1 Å². The molecule has 2 aromatic rings. The van der Waals surface area contributed by atoms with Crippen molar-refractivity contribution in [2.75, 3.05) is 56.3 Å². The minimum atomic E-state index is -0.507. The van der Waals surface area contributed by atoms with E-state index in [1.165, 1.54) is 0 Å². The van der Waals surface area contributed by atoms with Crippen LogP contribution >= 0.6 is 0 Å². The lowest BCUT2D eigenvalue weighted by molar-refractivity contribution is -0.116. The summed E-state index contributed by atoms with van der Waals surface area (Å²) in [4.78, 5) is 26.7. The Balaban J connectivity index is 1.52. The van der Waals surface area contributed by atoms with Crippen LogP contribution in [0.3, 0.4) is 0 Å². The number of hydrogen-bond donors (Lipinski definition) is 2. The van der Waals surface area contributed by atoms with E-state index in [4.69, 9.17) is 18.9 Å². The number of amides is 2. The molecule has 2 N–H and O–H groups in total. The SMILES string of the molecule is CCOc1cc(N2CCOCC2)c(OCC)cc1NC(=O)CCCNC(=O)OCc1ccccc1. The third-order valence-corrected chi connectivity index (χ3v) is 5.35. The van der Waals surface area contributed by atoms with Gasteiger partial charge in [0.25, 0.3) is 0 Å². The van der Waals surface area contributed by atoms with Crippen LogP contribution in [-0.2, 0) is 20.9 Å². The molecule has 2 aromatic carbocycles. The van der Waals surface area contributed by atoms with Gasteiger partial charge >= 0.3 is 6.09 Å². The highest BCUT2D eigenvalue weighted by Crippen LogP contribution is 2.39. The van der Waals surface area contributed by atoms with Crippen LogP contribution in [0.2, 0.25) is 0 Å². The van der Waals surface area contributed by atoms with E-state index in [9.17, 15) is 9.59 Å². The maximum absolute atomic E-state index is 12.6. The lowest BCUT2D eigenvalue weighted by atomic mass is 10.2. The Morgan fingerprint density at radius 1 is 1.00 bits per heavy atom. The largest absolute Gasteiger partial charge is 0.492 e. The second kappa shape index (κ2) is 14.1. The van der Waals surface area contributed by atoms with E-state index < -0.39 is 6.09 Å². The molecule has 0 unspecified atom stereocenters. The minimum Gasteiger partial charge on any atom is -0.492 e. The molecule has 0 bridgehead atoms. The summed E-state index contributed by atoms with van der Waals surface area (Å²) >= 11 is 0. The van der Waals surface area contributed by atoms with Crippen molar-refractivity contribution in [3.05, 3.63) is 48.0 Å². The number of rotatable bonds is 12. The summed E-state index contributed by atoms with van der Waals surface area (Å²) in [6.07, 6.45) is 0.202. The molecule has 2 amide bonds. The number of ether oxygens (including phenoxy) is 4. The van der Waals surface area contributed by atoms with Crippen molar-refractivity contribution < 1.29 is 28.5 Å². The van der Waals surface area contributed by atoms with Gasteiger partial charge in [-0.05, 0) is 25.8 Å². The lowest BCUT2D eigenvalue weighted by Gasteiger charge is -2.31. The zero-order chi connectivity index (χ0) is 24.9. The molecule has 0 saturated carbocycles. The zero-order valence-corrected chi connectivity index (χ0v) is 20.5. The summed E-state index contributed by atoms with van der Waals surface area (Å²) in [6.45, 7) is 8.17. The van der Waals surface area contributed by atoms with E-state index in [2.05, 4.69) is 15.5 Å². The second-order valence-electron chi connectivity index (χ2n) is 7.92. The van der Waals surface area contributed by atoms with Crippen molar-refractivity contribution in [2.45, 2.75) is 33.3 Å². The minimum absolute atomic E-state index is 0.174. The average Bonchev–Trinajstić information content (AvgIpc) is 2.88. The number of nitrogens with zero attached hydrogens (tertiary/aromatic N) is 1. The number of carbonyl (C=O) groups is 2. The smallest absolute Gasteiger partial charge is 0.407 e. The Labute approximate surface area is 206 Å². The molecule has 0 aliphatic carbocycles. The van der Waals surface area contributed by atoms with E-state index in [-0.39, 0.29) is 18.9 Å². The first kappa shape index (κ1) is 26.2. The molecule has 3 rings (SSSR count). The maximum Gasteiger partial charge on any atom is 0.407 e. The van der Waals surface area contributed by atoms with Crippen LogP contribution in [0.5, 0.6) is 11.5 Å². The molecule has 1 aliphatic heterocycles. The van der Waals surface area contributed by atoms with Gasteiger partial charge in [-0.25, -0.2) is 4.79 Å². The second-order valence-corrected chi connectivity index (χ2v) is 7.92. The first-order valence-electron chi connectivity index (χ1n) is 12.1. The highest BCUT2D eigenvalue weighted by Gasteiger charge is 2.20. The van der Waals surface area contributed by atoms with Gasteiger partial charge in [-0.2, -0.15) is 0 Å². The Bertz CT molecular complexity index is 948. The zero-order valence-electron chi connectivity index (χ0n) is 20.5. The standard InChI is InChI=1S/C26H35N3O6/c1-3-33-23-18-22(29-13-15-32-16-14-29)24(34-4-2)17-21(23)28-25(30)11-8-12-27-26(31)35-19-20-9-6-5-7-10-20/h5-7,9-10,17-18H,3-4,8,11-16,19H2,1-2H3,(H,27,31)(H,28,30). The van der Waals surface area contributed by atoms with Crippen LogP contribution in [0.4, 0.5) is 16.2 Å². The average molecular weight is 486 g/mol. The number of alkyl carbamates (subject to hydrolysis) is 1. The predicted molar refractivity (Wildman–Crippen MR) is 134 cm³/mol. The molecule has 1 heterocycles. The Kier molecular flexibility index (Phi) is 10.5. The van der Waals surface area contributed by atoms with Crippen LogP contribution in [0.1, 0.15) is 32.3 Å². The lowest BCUT2D eigenvalue weighted by Crippen LogP contribution is -2.36. The molecular weight excluding hydrogens is 450 g/mol. The molecule has 0 spiro atoms. The number of carbonyl (C=O) groups excluding carboxylic acids is 2. The van der Waals surface area contributed by atoms with Gasteiger partial charge in [0, 0.05) is 38.2 Å². The van der Waals surface area contributed by atoms with Crippen molar-refractivity contribution in [1.82, 2.24) is 5.32 Å². The number of anilines is 2. The van der Waals surface area contributed by atoms with Gasteiger partial charge in [0.15, 0.2) is 0 Å². The Morgan fingerprint density at radius 2 is 1.71 bits per heavy atom. The van der Waals surface area contributed by atoms with E-state index in [1.807, 2.05) is 56.3 Å². The van der Waals surface area contributed by atoms with Crippen LogP contribution in [0, 0.1) is 0 Å². The number of hydrogen-bond acceptors (Lipinski definition) is 7. The number of benzene rings is 2. The number of nitrogens with one attached hydrogen (secondary N) is 2. The summed E-state index contributed by atoms with van der Waals surface area (Å²) in [5.41, 5.74) is 2.40. The van der Waals surface area contributed by atoms with Crippen LogP contribution in [-0.4, -0.2) is 58.1 Å². The van der Waals surface area contributed by atoms with Crippen molar-refractivity contribution in [3.63, 3.8) is 0 Å². The summed E-state index contributed by atoms with van der Waals surface area (Å²) < 4.78 is 22.3. The van der Waals surface area contributed by atoms with Crippen molar-refractivity contribution in [3.8, 4) is 11.5 Å². The van der Waals surface area contributed by atoms with Crippen LogP contribution in [0.25, 0.3) is 0 Å². The molecular formula is C26H35N3O6. The molecule has 1 fully saturated rings. The highest BCUT2D eigenvalue weighted by atomic mass is 16.5. The molecule has 1 aliphatic rings. The van der Waals surface area contributed by atoms with E-state index in [1.54, 1.807) is 0 Å². The Hall–Kier alpha value is -3.46. The molecule has 190 valence electrons. The van der Waals surface area contributed by atoms with Gasteiger partial charge in [0.05, 0.1) is 37.8 Å². The van der Waals surface area contributed by atoms with Crippen molar-refractivity contribution in [2.24, 2.45) is 0 Å². The molecule has 0 atom stereocenters. The van der Waals surface area contributed by atoms with Crippen molar-refractivity contribution in [1.29, 1.82) is 0 Å². The first-order valence-corrected chi connectivity index (χ1v) is 12.1. The van der Waals surface area contributed by atoms with E-state index in [0.29, 0.717) is 56.6 Å². The third-order valence-electron chi connectivity index (χ3n) is 5.35. The highest BCUT2D eigenvalue weighted by molar-refractivity contribution is 5.93. The van der Waals surface area contributed by atoms with Gasteiger partial charge in [-0.15, -0.1) is 0 Å². The number of morpholine rings is 1. The molecule has 0 radical (unpaired) electrons. The van der Waals surface area contributed by atoms with Gasteiger partial charge in [0.2, 0.25) is 5.91 Å². The van der Waals surface area contributed by atoms with Crippen LogP contribution in [0.15, 0.2) is 42.5 Å². The fourth-order valence-corrected chi connectivity index (χ4v) is 3.67. The molecule has 9 heteroatoms. The summed E-state index contributed by atoms with van der Waals surface area (Å²) in [7, 11) is 0. The van der Waals surface area contributed by atoms with E-state index >= 15 is 0 Å². The molecule has 0 aromatic heterocycles.